The fourth-order valence-electron chi connectivity index (χ4n) is 2.04. The summed E-state index contributed by atoms with van der Waals surface area (Å²) in [5.41, 5.74) is 0.952. The molecule has 0 unspecified atom stereocenters. The number of H-pyrrole nitrogens is 1. The Morgan fingerprint density at radius 2 is 2.17 bits per heavy atom. The Balaban J connectivity index is 1.83. The van der Waals surface area contributed by atoms with Crippen LogP contribution in [0.5, 0.6) is 0 Å². The zero-order valence-electron chi connectivity index (χ0n) is 12.7. The Kier molecular flexibility index (Phi) is 4.86. The molecule has 0 saturated heterocycles. The predicted octanol–water partition coefficient (Wildman–Crippen LogP) is 2.08. The molecule has 7 nitrogen and oxygen atoms in total. The van der Waals surface area contributed by atoms with Crippen molar-refractivity contribution >= 4 is 35.1 Å². The maximum Gasteiger partial charge on any atom is 0.311 e. The second-order valence-corrected chi connectivity index (χ2v) is 6.25. The minimum atomic E-state index is -0.463. The van der Waals surface area contributed by atoms with Crippen molar-refractivity contribution in [1.82, 2.24) is 19.6 Å². The number of nitrogens with zero attached hydrogens (tertiary/aromatic N) is 3. The molecule has 2 aromatic heterocycles. The first-order chi connectivity index (χ1) is 11.6. The topological polar surface area (TPSA) is 89.4 Å². The van der Waals surface area contributed by atoms with Gasteiger partial charge in [0.25, 0.3) is 11.3 Å². The average Bonchev–Trinajstić information content (AvgIpc) is 2.97. The number of halogens is 1. The van der Waals surface area contributed by atoms with E-state index in [-0.39, 0.29) is 17.8 Å². The summed E-state index contributed by atoms with van der Waals surface area (Å²) in [7, 11) is 1.28. The number of aromatic amines is 1. The summed E-state index contributed by atoms with van der Waals surface area (Å²) in [5, 5.41) is 4.10. The van der Waals surface area contributed by atoms with Gasteiger partial charge in [-0.2, -0.15) is 9.50 Å². The number of rotatable bonds is 5. The fraction of sp³-hybridized carbons (Fsp3) is 0.200. The van der Waals surface area contributed by atoms with Crippen LogP contribution in [0.1, 0.15) is 11.3 Å². The maximum atomic E-state index is 12.1. The van der Waals surface area contributed by atoms with E-state index < -0.39 is 5.97 Å². The van der Waals surface area contributed by atoms with Gasteiger partial charge in [-0.05, 0) is 11.6 Å². The molecule has 0 atom stereocenters. The number of methoxy groups -OCH3 is 1. The van der Waals surface area contributed by atoms with E-state index in [9.17, 15) is 9.59 Å². The number of nitrogens with one attached hydrogen (secondary N) is 1. The number of hydrogen-bond acceptors (Lipinski definition) is 6. The van der Waals surface area contributed by atoms with Gasteiger partial charge in [0.2, 0.25) is 0 Å². The van der Waals surface area contributed by atoms with Gasteiger partial charge in [-0.25, -0.2) is 4.98 Å². The lowest BCUT2D eigenvalue weighted by Crippen LogP contribution is -2.17. The molecule has 0 bridgehead atoms. The third-order valence-electron chi connectivity index (χ3n) is 3.24. The van der Waals surface area contributed by atoms with Gasteiger partial charge < -0.3 is 4.74 Å². The van der Waals surface area contributed by atoms with Gasteiger partial charge in [0.1, 0.15) is 0 Å². The Morgan fingerprint density at radius 1 is 1.38 bits per heavy atom. The van der Waals surface area contributed by atoms with Crippen molar-refractivity contribution in [1.29, 1.82) is 0 Å². The van der Waals surface area contributed by atoms with Gasteiger partial charge in [-0.1, -0.05) is 41.6 Å². The molecule has 0 fully saturated rings. The fourth-order valence-corrected chi connectivity index (χ4v) is 3.17. The zero-order chi connectivity index (χ0) is 17.1. The Labute approximate surface area is 146 Å². The number of esters is 1. The average molecular weight is 365 g/mol. The summed E-state index contributed by atoms with van der Waals surface area (Å²) in [6, 6.07) is 8.80. The van der Waals surface area contributed by atoms with E-state index in [2.05, 4.69) is 19.8 Å². The van der Waals surface area contributed by atoms with Crippen molar-refractivity contribution in [3.05, 3.63) is 57.0 Å². The third-order valence-corrected chi connectivity index (χ3v) is 4.52. The molecule has 1 N–H and O–H groups in total. The highest BCUT2D eigenvalue weighted by Crippen LogP contribution is 2.24. The molecule has 2 heterocycles. The van der Waals surface area contributed by atoms with Crippen LogP contribution in [0.4, 0.5) is 0 Å². The Bertz CT molecular complexity index is 953. The van der Waals surface area contributed by atoms with Gasteiger partial charge in [-0.3, -0.25) is 14.7 Å². The van der Waals surface area contributed by atoms with Crippen molar-refractivity contribution in [3.8, 4) is 0 Å². The van der Waals surface area contributed by atoms with Crippen LogP contribution < -0.4 is 5.56 Å². The lowest BCUT2D eigenvalue weighted by Gasteiger charge is -2.00. The van der Waals surface area contributed by atoms with Crippen LogP contribution in [0.3, 0.4) is 0 Å². The van der Waals surface area contributed by atoms with E-state index in [0.717, 1.165) is 5.56 Å². The van der Waals surface area contributed by atoms with Gasteiger partial charge >= 0.3 is 5.97 Å². The lowest BCUT2D eigenvalue weighted by molar-refractivity contribution is -0.139. The predicted molar refractivity (Wildman–Crippen MR) is 90.3 cm³/mol. The summed E-state index contributed by atoms with van der Waals surface area (Å²) in [5.74, 6) is 0.349. The number of ether oxygens (including phenoxy) is 1. The van der Waals surface area contributed by atoms with E-state index in [1.54, 1.807) is 0 Å². The highest BCUT2D eigenvalue weighted by atomic mass is 35.5. The maximum absolute atomic E-state index is 12.1. The molecule has 0 aliphatic carbocycles. The molecule has 0 aliphatic heterocycles. The second-order valence-electron chi connectivity index (χ2n) is 4.88. The molecule has 0 radical (unpaired) electrons. The highest BCUT2D eigenvalue weighted by Gasteiger charge is 2.12. The lowest BCUT2D eigenvalue weighted by atomic mass is 10.2. The first kappa shape index (κ1) is 16.5. The van der Waals surface area contributed by atoms with Crippen LogP contribution >= 0.6 is 23.4 Å². The van der Waals surface area contributed by atoms with E-state index in [1.807, 2.05) is 24.3 Å². The van der Waals surface area contributed by atoms with E-state index >= 15 is 0 Å². The van der Waals surface area contributed by atoms with E-state index in [0.29, 0.717) is 21.6 Å². The van der Waals surface area contributed by atoms with Gasteiger partial charge in [0.15, 0.2) is 5.16 Å². The van der Waals surface area contributed by atoms with Crippen molar-refractivity contribution in [3.63, 3.8) is 0 Å². The Hall–Kier alpha value is -2.32. The molecule has 3 aromatic rings. The smallest absolute Gasteiger partial charge is 0.311 e. The first-order valence-corrected chi connectivity index (χ1v) is 8.35. The minimum Gasteiger partial charge on any atom is -0.469 e. The molecule has 124 valence electrons. The largest absolute Gasteiger partial charge is 0.469 e. The number of thioether (sulfide) groups is 1. The number of fused-ring (bicyclic) bond motifs is 1. The molecule has 0 spiro atoms. The second kappa shape index (κ2) is 7.06. The van der Waals surface area contributed by atoms with Gasteiger partial charge in [0, 0.05) is 16.8 Å². The standard InChI is InChI=1S/C15H13ClN4O3S/c1-23-13(22)7-10-6-12(21)20-14(17-10)18-15(19-20)24-8-9-4-2-3-5-11(9)16/h2-6H,7-8H2,1H3,(H,17,18,19). The number of hydrogen-bond donors (Lipinski definition) is 1. The molecule has 0 saturated carbocycles. The third kappa shape index (κ3) is 3.60. The molecule has 9 heteroatoms. The molecule has 0 amide bonds. The van der Waals surface area contributed by atoms with Crippen LogP contribution in [-0.2, 0) is 21.7 Å². The zero-order valence-corrected chi connectivity index (χ0v) is 14.2. The summed E-state index contributed by atoms with van der Waals surface area (Å²) < 4.78 is 5.81. The van der Waals surface area contributed by atoms with Crippen molar-refractivity contribution in [2.24, 2.45) is 0 Å². The number of carbonyl (C=O) groups is 1. The van der Waals surface area contributed by atoms with Crippen LogP contribution in [0, 0.1) is 0 Å². The summed E-state index contributed by atoms with van der Waals surface area (Å²) in [4.78, 5) is 31.9. The quantitative estimate of drug-likeness (QED) is 0.550. The van der Waals surface area contributed by atoms with Crippen LogP contribution in [0.15, 0.2) is 40.3 Å². The van der Waals surface area contributed by atoms with Crippen molar-refractivity contribution in [2.45, 2.75) is 17.3 Å². The molecular formula is C15H13ClN4O3S. The molecule has 24 heavy (non-hydrogen) atoms. The summed E-state index contributed by atoms with van der Waals surface area (Å²) in [6.45, 7) is 0. The van der Waals surface area contributed by atoms with E-state index in [4.69, 9.17) is 11.6 Å². The molecule has 3 rings (SSSR count). The normalized spacial score (nSPS) is 10.9. The first-order valence-electron chi connectivity index (χ1n) is 6.98. The van der Waals surface area contributed by atoms with Crippen molar-refractivity contribution < 1.29 is 9.53 Å². The van der Waals surface area contributed by atoms with Gasteiger partial charge in [-0.15, -0.1) is 0 Å². The minimum absolute atomic E-state index is 0.0722. The number of benzene rings is 1. The van der Waals surface area contributed by atoms with Crippen LogP contribution in [0.2, 0.25) is 5.02 Å². The number of aromatic nitrogens is 4. The number of carbonyl (C=O) groups excluding carboxylic acids is 1. The highest BCUT2D eigenvalue weighted by molar-refractivity contribution is 7.98. The summed E-state index contributed by atoms with van der Waals surface area (Å²) in [6.07, 6.45) is -0.0722. The van der Waals surface area contributed by atoms with Crippen molar-refractivity contribution in [2.75, 3.05) is 7.11 Å². The molecular weight excluding hydrogens is 352 g/mol. The SMILES string of the molecule is COC(=O)Cc1cc(=O)n2[nH]c(SCc3ccccc3Cl)nc2n1. The summed E-state index contributed by atoms with van der Waals surface area (Å²) >= 11 is 7.53. The monoisotopic (exact) mass is 364 g/mol. The van der Waals surface area contributed by atoms with Crippen LogP contribution in [0.25, 0.3) is 5.78 Å². The van der Waals surface area contributed by atoms with Gasteiger partial charge in [0.05, 0.1) is 19.2 Å². The van der Waals surface area contributed by atoms with Crippen LogP contribution in [-0.4, -0.2) is 32.7 Å². The molecule has 1 aromatic carbocycles. The Morgan fingerprint density at radius 3 is 2.92 bits per heavy atom. The molecule has 0 aliphatic rings. The van der Waals surface area contributed by atoms with E-state index in [1.165, 1.54) is 29.5 Å².